The quantitative estimate of drug-likeness (QED) is 0.813. The van der Waals surface area contributed by atoms with Gasteiger partial charge in [0.15, 0.2) is 6.10 Å². The Balaban J connectivity index is 1.83. The van der Waals surface area contributed by atoms with Crippen LogP contribution in [0.4, 0.5) is 4.39 Å². The van der Waals surface area contributed by atoms with Crippen molar-refractivity contribution in [2.75, 3.05) is 6.54 Å². The molecule has 0 aliphatic heterocycles. The Morgan fingerprint density at radius 2 is 1.92 bits per heavy atom. The third-order valence-electron chi connectivity index (χ3n) is 3.36. The Hall–Kier alpha value is -2.40. The average molecular weight is 350 g/mol. The molecule has 4 nitrogen and oxygen atoms in total. The molecule has 6 heteroatoms. The Bertz CT molecular complexity index is 721. The maximum absolute atomic E-state index is 13.7. The second-order valence-corrected chi connectivity index (χ2v) is 5.63. The van der Waals surface area contributed by atoms with Crippen molar-refractivity contribution < 1.29 is 18.7 Å². The monoisotopic (exact) mass is 349 g/mol. The number of benzene rings is 2. The molecule has 24 heavy (non-hydrogen) atoms. The molecule has 1 amide bonds. The highest BCUT2D eigenvalue weighted by Crippen LogP contribution is 2.16. The lowest BCUT2D eigenvalue weighted by atomic mass is 10.1. The van der Waals surface area contributed by atoms with Gasteiger partial charge in [0.05, 0.1) is 5.56 Å². The molecule has 1 atom stereocenters. The summed E-state index contributed by atoms with van der Waals surface area (Å²) in [6.07, 6.45) is -0.359. The molecule has 1 N–H and O–H groups in total. The normalized spacial score (nSPS) is 11.6. The predicted octanol–water partition coefficient (Wildman–Crippen LogP) is 3.38. The van der Waals surface area contributed by atoms with Crippen LogP contribution in [0.1, 0.15) is 22.8 Å². The van der Waals surface area contributed by atoms with Gasteiger partial charge in [0, 0.05) is 11.6 Å². The number of rotatable bonds is 6. The number of hydrogen-bond donors (Lipinski definition) is 1. The summed E-state index contributed by atoms with van der Waals surface area (Å²) in [6.45, 7) is 1.85. The first-order valence-corrected chi connectivity index (χ1v) is 7.83. The molecule has 0 spiro atoms. The highest BCUT2D eigenvalue weighted by Gasteiger charge is 2.20. The second kappa shape index (κ2) is 8.45. The Labute approximate surface area is 144 Å². The second-order valence-electron chi connectivity index (χ2n) is 5.20. The van der Waals surface area contributed by atoms with Crippen molar-refractivity contribution in [1.82, 2.24) is 5.32 Å². The first-order chi connectivity index (χ1) is 11.5. The number of esters is 1. The molecule has 0 bridgehead atoms. The number of carbonyl (C=O) groups excluding carboxylic acids is 2. The van der Waals surface area contributed by atoms with Crippen molar-refractivity contribution in [3.8, 4) is 0 Å². The number of halogens is 2. The topological polar surface area (TPSA) is 55.4 Å². The molecule has 1 unspecified atom stereocenters. The molecule has 2 aromatic rings. The van der Waals surface area contributed by atoms with Crippen molar-refractivity contribution in [3.05, 3.63) is 70.5 Å². The van der Waals surface area contributed by atoms with Gasteiger partial charge in [-0.1, -0.05) is 41.9 Å². The lowest BCUT2D eigenvalue weighted by Gasteiger charge is -2.14. The summed E-state index contributed by atoms with van der Waals surface area (Å²) in [5.41, 5.74) is 0.828. The fourth-order valence-electron chi connectivity index (χ4n) is 2.05. The molecule has 0 aliphatic carbocycles. The van der Waals surface area contributed by atoms with Crippen molar-refractivity contribution in [1.29, 1.82) is 0 Å². The SMILES string of the molecule is CC(OC(=O)c1ccc(Cl)cc1F)C(=O)NCCc1ccccc1. The molecule has 0 aliphatic rings. The van der Waals surface area contributed by atoms with E-state index in [2.05, 4.69) is 5.32 Å². The maximum Gasteiger partial charge on any atom is 0.341 e. The van der Waals surface area contributed by atoms with Gasteiger partial charge < -0.3 is 10.1 Å². The van der Waals surface area contributed by atoms with Crippen LogP contribution in [0.25, 0.3) is 0 Å². The van der Waals surface area contributed by atoms with Crippen LogP contribution in [0.15, 0.2) is 48.5 Å². The zero-order valence-electron chi connectivity index (χ0n) is 13.1. The molecule has 0 aromatic heterocycles. The van der Waals surface area contributed by atoms with E-state index < -0.39 is 23.8 Å². The molecule has 2 aromatic carbocycles. The van der Waals surface area contributed by atoms with E-state index in [0.717, 1.165) is 11.6 Å². The van der Waals surface area contributed by atoms with Gasteiger partial charge in [0.1, 0.15) is 5.82 Å². The van der Waals surface area contributed by atoms with Crippen molar-refractivity contribution >= 4 is 23.5 Å². The van der Waals surface area contributed by atoms with E-state index in [4.69, 9.17) is 16.3 Å². The Morgan fingerprint density at radius 3 is 2.58 bits per heavy atom. The van der Waals surface area contributed by atoms with E-state index in [1.54, 1.807) is 0 Å². The predicted molar refractivity (Wildman–Crippen MR) is 89.4 cm³/mol. The number of ether oxygens (including phenoxy) is 1. The number of hydrogen-bond acceptors (Lipinski definition) is 3. The smallest absolute Gasteiger partial charge is 0.341 e. The number of nitrogens with one attached hydrogen (secondary N) is 1. The fraction of sp³-hybridized carbons (Fsp3) is 0.222. The summed E-state index contributed by atoms with van der Waals surface area (Å²) in [4.78, 5) is 23.8. The van der Waals surface area contributed by atoms with E-state index in [0.29, 0.717) is 13.0 Å². The summed E-state index contributed by atoms with van der Waals surface area (Å²) < 4.78 is 18.6. The van der Waals surface area contributed by atoms with Crippen molar-refractivity contribution in [2.24, 2.45) is 0 Å². The summed E-state index contributed by atoms with van der Waals surface area (Å²) in [7, 11) is 0. The van der Waals surface area contributed by atoms with E-state index >= 15 is 0 Å². The first-order valence-electron chi connectivity index (χ1n) is 7.45. The van der Waals surface area contributed by atoms with Crippen molar-refractivity contribution in [2.45, 2.75) is 19.4 Å². The van der Waals surface area contributed by atoms with Gasteiger partial charge in [-0.15, -0.1) is 0 Å². The highest BCUT2D eigenvalue weighted by atomic mass is 35.5. The van der Waals surface area contributed by atoms with Crippen molar-refractivity contribution in [3.63, 3.8) is 0 Å². The summed E-state index contributed by atoms with van der Waals surface area (Å²) >= 11 is 5.63. The molecule has 0 saturated carbocycles. The van der Waals surface area contributed by atoms with Gasteiger partial charge in [-0.05, 0) is 37.1 Å². The minimum absolute atomic E-state index is 0.177. The molecule has 126 valence electrons. The minimum Gasteiger partial charge on any atom is -0.449 e. The lowest BCUT2D eigenvalue weighted by molar-refractivity contribution is -0.129. The highest BCUT2D eigenvalue weighted by molar-refractivity contribution is 6.30. The molecule has 0 saturated heterocycles. The largest absolute Gasteiger partial charge is 0.449 e. The van der Waals surface area contributed by atoms with Crippen LogP contribution < -0.4 is 5.32 Å². The molecule has 0 radical (unpaired) electrons. The number of carbonyl (C=O) groups is 2. The van der Waals surface area contributed by atoms with Gasteiger partial charge in [-0.3, -0.25) is 4.79 Å². The standard InChI is InChI=1S/C18H17ClFNO3/c1-12(17(22)21-10-9-13-5-3-2-4-6-13)24-18(23)15-8-7-14(19)11-16(15)20/h2-8,11-12H,9-10H2,1H3,(H,21,22). The minimum atomic E-state index is -1.02. The molecule has 2 rings (SSSR count). The van der Waals surface area contributed by atoms with E-state index in [-0.39, 0.29) is 10.6 Å². The van der Waals surface area contributed by atoms with Crippen LogP contribution in [-0.2, 0) is 16.0 Å². The number of amides is 1. The fourth-order valence-corrected chi connectivity index (χ4v) is 2.21. The lowest BCUT2D eigenvalue weighted by Crippen LogP contribution is -2.37. The maximum atomic E-state index is 13.7. The molecule has 0 fully saturated rings. The van der Waals surface area contributed by atoms with E-state index in [1.807, 2.05) is 30.3 Å². The summed E-state index contributed by atoms with van der Waals surface area (Å²) in [5, 5.41) is 2.86. The summed E-state index contributed by atoms with van der Waals surface area (Å²) in [5.74, 6) is -2.13. The third-order valence-corrected chi connectivity index (χ3v) is 3.59. The van der Waals surface area contributed by atoms with Crippen LogP contribution in [0.2, 0.25) is 5.02 Å². The van der Waals surface area contributed by atoms with Gasteiger partial charge in [-0.25, -0.2) is 9.18 Å². The summed E-state index contributed by atoms with van der Waals surface area (Å²) in [6, 6.07) is 13.3. The van der Waals surface area contributed by atoms with Crippen LogP contribution in [0.3, 0.4) is 0 Å². The van der Waals surface area contributed by atoms with Gasteiger partial charge in [0.25, 0.3) is 5.91 Å². The van der Waals surface area contributed by atoms with Crippen LogP contribution >= 0.6 is 11.6 Å². The van der Waals surface area contributed by atoms with Crippen LogP contribution in [-0.4, -0.2) is 24.5 Å². The molecular weight excluding hydrogens is 333 g/mol. The van der Waals surface area contributed by atoms with Crippen LogP contribution in [0.5, 0.6) is 0 Å². The van der Waals surface area contributed by atoms with Gasteiger partial charge in [0.2, 0.25) is 0 Å². The molecular formula is C18H17ClFNO3. The zero-order valence-corrected chi connectivity index (χ0v) is 13.8. The Morgan fingerprint density at radius 1 is 1.21 bits per heavy atom. The molecule has 0 heterocycles. The average Bonchev–Trinajstić information content (AvgIpc) is 2.55. The van der Waals surface area contributed by atoms with Crippen LogP contribution in [0, 0.1) is 5.82 Å². The Kier molecular flexibility index (Phi) is 6.32. The van der Waals surface area contributed by atoms with Gasteiger partial charge >= 0.3 is 5.97 Å². The van der Waals surface area contributed by atoms with E-state index in [9.17, 15) is 14.0 Å². The zero-order chi connectivity index (χ0) is 17.5. The first kappa shape index (κ1) is 17.9. The third kappa shape index (κ3) is 5.06. The van der Waals surface area contributed by atoms with Gasteiger partial charge in [-0.2, -0.15) is 0 Å². The van der Waals surface area contributed by atoms with E-state index in [1.165, 1.54) is 19.1 Å².